The monoisotopic (exact) mass is 530 g/mol. The molecule has 0 spiro atoms. The summed E-state index contributed by atoms with van der Waals surface area (Å²) in [6.07, 6.45) is 1.14. The van der Waals surface area contributed by atoms with Crippen LogP contribution in [0.25, 0.3) is 28.1 Å². The molecule has 3 aromatic heterocycles. The lowest BCUT2D eigenvalue weighted by Crippen LogP contribution is -2.48. The van der Waals surface area contributed by atoms with Crippen molar-refractivity contribution in [2.45, 2.75) is 38.8 Å². The lowest BCUT2D eigenvalue weighted by Gasteiger charge is -2.17. The molecule has 0 unspecified atom stereocenters. The second-order valence-corrected chi connectivity index (χ2v) is 9.74. The van der Waals surface area contributed by atoms with Crippen molar-refractivity contribution in [1.82, 2.24) is 30.5 Å². The molecule has 2 aromatic carbocycles. The van der Waals surface area contributed by atoms with Gasteiger partial charge in [0.25, 0.3) is 5.91 Å². The fourth-order valence-electron chi connectivity index (χ4n) is 4.47. The minimum Gasteiger partial charge on any atom is -0.361 e. The predicted octanol–water partition coefficient (Wildman–Crippen LogP) is 4.52. The van der Waals surface area contributed by atoms with Gasteiger partial charge in [0, 0.05) is 30.6 Å². The van der Waals surface area contributed by atoms with Crippen LogP contribution in [0.15, 0.2) is 63.6 Å². The van der Waals surface area contributed by atoms with Gasteiger partial charge in [-0.1, -0.05) is 52.2 Å². The van der Waals surface area contributed by atoms with E-state index in [0.29, 0.717) is 47.6 Å². The predicted molar refractivity (Wildman–Crippen MR) is 139 cm³/mol. The Bertz CT molecular complexity index is 1680. The van der Waals surface area contributed by atoms with Crippen LogP contribution in [0.2, 0.25) is 5.02 Å². The molecule has 1 saturated carbocycles. The molecule has 3 heterocycles. The molecular formula is C27H23ClN6O4. The summed E-state index contributed by atoms with van der Waals surface area (Å²) < 4.78 is 12.2. The summed E-state index contributed by atoms with van der Waals surface area (Å²) in [6.45, 7) is 3.74. The zero-order chi connectivity index (χ0) is 26.4. The highest BCUT2D eigenvalue weighted by Crippen LogP contribution is 2.39. The number of carbonyl (C=O) groups excluding carboxylic acids is 2. The highest BCUT2D eigenvalue weighted by atomic mass is 35.5. The maximum atomic E-state index is 12.9. The fraction of sp³-hybridized carbons (Fsp3) is 0.222. The summed E-state index contributed by atoms with van der Waals surface area (Å²) in [5.74, 6) is 0.720. The summed E-state index contributed by atoms with van der Waals surface area (Å²) in [6, 6.07) is 17.1. The third kappa shape index (κ3) is 4.22. The number of nitrogens with one attached hydrogen (secondary N) is 2. The number of rotatable bonds is 7. The van der Waals surface area contributed by atoms with Crippen molar-refractivity contribution in [1.29, 1.82) is 0 Å². The third-order valence-corrected chi connectivity index (χ3v) is 6.98. The maximum absolute atomic E-state index is 12.9. The molecule has 10 nitrogen and oxygen atoms in total. The number of carbonyl (C=O) groups is 2. The maximum Gasteiger partial charge on any atom is 0.274 e. The van der Waals surface area contributed by atoms with Crippen LogP contribution in [-0.2, 0) is 11.3 Å². The highest BCUT2D eigenvalue weighted by Gasteiger charge is 2.51. The number of hydrogen-bond donors (Lipinski definition) is 2. The first kappa shape index (κ1) is 23.9. The Kier molecular flexibility index (Phi) is 5.76. The molecule has 38 heavy (non-hydrogen) atoms. The molecule has 2 amide bonds. The molecule has 1 aliphatic carbocycles. The molecule has 2 N–H and O–H groups in total. The largest absolute Gasteiger partial charge is 0.361 e. The van der Waals surface area contributed by atoms with E-state index in [1.165, 1.54) is 6.07 Å². The molecule has 6 rings (SSSR count). The zero-order valence-corrected chi connectivity index (χ0v) is 21.4. The summed E-state index contributed by atoms with van der Waals surface area (Å²) in [5, 5.41) is 15.0. The van der Waals surface area contributed by atoms with Crippen LogP contribution in [0.4, 0.5) is 0 Å². The van der Waals surface area contributed by atoms with Crippen LogP contribution in [0, 0.1) is 13.8 Å². The van der Waals surface area contributed by atoms with Crippen LogP contribution in [-0.4, -0.2) is 37.2 Å². The number of fused-ring (bicyclic) bond motifs is 1. The Labute approximate surface area is 221 Å². The Morgan fingerprint density at radius 1 is 1.05 bits per heavy atom. The van der Waals surface area contributed by atoms with Crippen molar-refractivity contribution >= 4 is 34.3 Å². The van der Waals surface area contributed by atoms with E-state index < -0.39 is 11.4 Å². The van der Waals surface area contributed by atoms with E-state index in [2.05, 4.69) is 25.9 Å². The zero-order valence-electron chi connectivity index (χ0n) is 20.6. The number of amides is 2. The van der Waals surface area contributed by atoms with Gasteiger partial charge in [-0.2, -0.15) is 4.98 Å². The van der Waals surface area contributed by atoms with Gasteiger partial charge in [0.05, 0.1) is 10.5 Å². The normalized spacial score (nSPS) is 14.0. The standard InChI is InChI=1S/C27H23ClN6O4/c1-15-13-20(32-37-15)25(35)31-27(11-12-27)26(36)29-14-17-7-9-18(10-8-17)34-21-6-4-3-5-19(21)22(28)23(34)24-30-16(2)38-33-24/h3-10,13H,11-12,14H2,1-2H3,(H,29,36)(H,31,35). The average molecular weight is 531 g/mol. The highest BCUT2D eigenvalue weighted by molar-refractivity contribution is 6.38. The molecular weight excluding hydrogens is 508 g/mol. The molecule has 0 saturated heterocycles. The van der Waals surface area contributed by atoms with Crippen molar-refractivity contribution in [3.8, 4) is 17.2 Å². The van der Waals surface area contributed by atoms with Crippen molar-refractivity contribution in [2.75, 3.05) is 0 Å². The number of aromatic nitrogens is 4. The molecule has 5 aromatic rings. The number of halogens is 1. The fourth-order valence-corrected chi connectivity index (χ4v) is 4.79. The van der Waals surface area contributed by atoms with E-state index in [1.54, 1.807) is 13.8 Å². The minimum absolute atomic E-state index is 0.158. The molecule has 0 aliphatic heterocycles. The number of nitrogens with zero attached hydrogens (tertiary/aromatic N) is 4. The van der Waals surface area contributed by atoms with Gasteiger partial charge < -0.3 is 24.2 Å². The van der Waals surface area contributed by atoms with E-state index in [4.69, 9.17) is 20.6 Å². The summed E-state index contributed by atoms with van der Waals surface area (Å²) in [5.41, 5.74) is 2.54. The van der Waals surface area contributed by atoms with E-state index in [9.17, 15) is 9.59 Å². The number of benzene rings is 2. The lowest BCUT2D eigenvalue weighted by molar-refractivity contribution is -0.124. The van der Waals surface area contributed by atoms with Gasteiger partial charge >= 0.3 is 0 Å². The van der Waals surface area contributed by atoms with E-state index >= 15 is 0 Å². The Balaban J connectivity index is 1.20. The van der Waals surface area contributed by atoms with Gasteiger partial charge in [0.15, 0.2) is 5.69 Å². The first-order valence-electron chi connectivity index (χ1n) is 12.1. The molecule has 0 atom stereocenters. The van der Waals surface area contributed by atoms with Crippen molar-refractivity contribution in [3.05, 3.63) is 82.5 Å². The Hall–Kier alpha value is -4.44. The quantitative estimate of drug-likeness (QED) is 0.316. The third-order valence-electron chi connectivity index (χ3n) is 6.60. The molecule has 1 aliphatic rings. The van der Waals surface area contributed by atoms with E-state index in [0.717, 1.165) is 22.2 Å². The SMILES string of the molecule is Cc1cc(C(=O)NC2(C(=O)NCc3ccc(-n4c(-c5noc(C)n5)c(Cl)c5ccccc54)cc3)CC2)no1. The molecule has 1 fully saturated rings. The van der Waals surface area contributed by atoms with Gasteiger partial charge in [-0.3, -0.25) is 9.59 Å². The number of aryl methyl sites for hydroxylation is 2. The summed E-state index contributed by atoms with van der Waals surface area (Å²) in [7, 11) is 0. The molecule has 192 valence electrons. The van der Waals surface area contributed by atoms with Gasteiger partial charge in [-0.05, 0) is 43.5 Å². The second-order valence-electron chi connectivity index (χ2n) is 9.36. The van der Waals surface area contributed by atoms with Crippen molar-refractivity contribution < 1.29 is 18.6 Å². The van der Waals surface area contributed by atoms with Crippen LogP contribution < -0.4 is 10.6 Å². The van der Waals surface area contributed by atoms with Crippen LogP contribution >= 0.6 is 11.6 Å². The summed E-state index contributed by atoms with van der Waals surface area (Å²) >= 11 is 6.77. The number of para-hydroxylation sites is 1. The Morgan fingerprint density at radius 3 is 2.47 bits per heavy atom. The Morgan fingerprint density at radius 2 is 1.82 bits per heavy atom. The van der Waals surface area contributed by atoms with Gasteiger partial charge in [0.1, 0.15) is 17.0 Å². The van der Waals surface area contributed by atoms with Crippen LogP contribution in [0.5, 0.6) is 0 Å². The first-order valence-corrected chi connectivity index (χ1v) is 12.5. The van der Waals surface area contributed by atoms with Crippen molar-refractivity contribution in [3.63, 3.8) is 0 Å². The smallest absolute Gasteiger partial charge is 0.274 e. The first-order chi connectivity index (χ1) is 18.3. The van der Waals surface area contributed by atoms with Gasteiger partial charge in [-0.25, -0.2) is 0 Å². The molecule has 0 radical (unpaired) electrons. The lowest BCUT2D eigenvalue weighted by atomic mass is 10.1. The summed E-state index contributed by atoms with van der Waals surface area (Å²) in [4.78, 5) is 29.7. The molecule has 0 bridgehead atoms. The minimum atomic E-state index is -0.914. The van der Waals surface area contributed by atoms with E-state index in [-0.39, 0.29) is 11.6 Å². The van der Waals surface area contributed by atoms with E-state index in [1.807, 2.05) is 53.1 Å². The van der Waals surface area contributed by atoms with Crippen molar-refractivity contribution in [2.24, 2.45) is 0 Å². The van der Waals surface area contributed by atoms with Crippen LogP contribution in [0.1, 0.15) is 40.5 Å². The van der Waals surface area contributed by atoms with Gasteiger partial charge in [0.2, 0.25) is 17.6 Å². The average Bonchev–Trinajstić information content (AvgIpc) is 3.21. The second kappa shape index (κ2) is 9.14. The number of hydrogen-bond acceptors (Lipinski definition) is 7. The topological polar surface area (TPSA) is 128 Å². The molecule has 11 heteroatoms. The van der Waals surface area contributed by atoms with Crippen LogP contribution in [0.3, 0.4) is 0 Å². The van der Waals surface area contributed by atoms with Gasteiger partial charge in [-0.15, -0.1) is 0 Å².